The van der Waals surface area contributed by atoms with Crippen LogP contribution in [-0.4, -0.2) is 22.5 Å². The fraction of sp³-hybridized carbons (Fsp3) is 0.500. The highest BCUT2D eigenvalue weighted by Gasteiger charge is 2.42. The Bertz CT molecular complexity index is 499. The van der Waals surface area contributed by atoms with Gasteiger partial charge in [-0.25, -0.2) is 4.79 Å². The molecule has 2 N–H and O–H groups in total. The maximum Gasteiger partial charge on any atom is 0.329 e. The van der Waals surface area contributed by atoms with Crippen molar-refractivity contribution in [1.29, 1.82) is 0 Å². The van der Waals surface area contributed by atoms with E-state index in [1.165, 1.54) is 0 Å². The quantitative estimate of drug-likeness (QED) is 0.887. The van der Waals surface area contributed by atoms with Gasteiger partial charge in [0.15, 0.2) is 0 Å². The van der Waals surface area contributed by atoms with Crippen LogP contribution in [0.3, 0.4) is 0 Å². The zero-order valence-corrected chi connectivity index (χ0v) is 12.0. The van der Waals surface area contributed by atoms with E-state index in [1.54, 1.807) is 12.1 Å². The minimum Gasteiger partial charge on any atom is -0.480 e. The van der Waals surface area contributed by atoms with Crippen LogP contribution in [0.4, 0.5) is 0 Å². The number of hydrogen-bond donors (Lipinski definition) is 2. The lowest BCUT2D eigenvalue weighted by molar-refractivity contribution is -0.144. The van der Waals surface area contributed by atoms with Gasteiger partial charge in [-0.15, -0.1) is 0 Å². The van der Waals surface area contributed by atoms with Gasteiger partial charge in [-0.3, -0.25) is 4.79 Å². The summed E-state index contributed by atoms with van der Waals surface area (Å²) in [7, 11) is 0. The molecule has 20 heavy (non-hydrogen) atoms. The summed E-state index contributed by atoms with van der Waals surface area (Å²) in [4.78, 5) is 23.6. The van der Waals surface area contributed by atoms with Gasteiger partial charge < -0.3 is 10.4 Å². The number of hydrogen-bond acceptors (Lipinski definition) is 2. The Morgan fingerprint density at radius 1 is 1.15 bits per heavy atom. The van der Waals surface area contributed by atoms with E-state index in [2.05, 4.69) is 19.2 Å². The van der Waals surface area contributed by atoms with Gasteiger partial charge in [-0.2, -0.15) is 0 Å². The molecule has 0 heterocycles. The molecule has 108 valence electrons. The number of carboxylic acid groups (broad SMARTS) is 1. The van der Waals surface area contributed by atoms with Crippen molar-refractivity contribution in [3.63, 3.8) is 0 Å². The molecule has 0 unspecified atom stereocenters. The molecule has 1 aliphatic rings. The van der Waals surface area contributed by atoms with Crippen LogP contribution in [0.5, 0.6) is 0 Å². The van der Waals surface area contributed by atoms with E-state index in [-0.39, 0.29) is 5.91 Å². The predicted molar refractivity (Wildman–Crippen MR) is 76.8 cm³/mol. The Labute approximate surface area is 119 Å². The Balaban J connectivity index is 2.13. The number of carbonyl (C=O) groups is 2. The first-order chi connectivity index (χ1) is 9.44. The lowest BCUT2D eigenvalue weighted by Gasteiger charge is -2.25. The van der Waals surface area contributed by atoms with Crippen molar-refractivity contribution in [2.45, 2.75) is 51.0 Å². The van der Waals surface area contributed by atoms with Crippen LogP contribution in [-0.2, 0) is 4.79 Å². The molecule has 4 heteroatoms. The monoisotopic (exact) mass is 275 g/mol. The molecule has 1 amide bonds. The summed E-state index contributed by atoms with van der Waals surface area (Å²) in [6.07, 6.45) is 2.72. The molecular weight excluding hydrogens is 254 g/mol. The molecule has 0 spiro atoms. The Morgan fingerprint density at radius 2 is 1.70 bits per heavy atom. The highest BCUT2D eigenvalue weighted by molar-refractivity contribution is 5.98. The predicted octanol–water partition coefficient (Wildman–Crippen LogP) is 2.94. The lowest BCUT2D eigenvalue weighted by atomic mass is 9.96. The van der Waals surface area contributed by atoms with Crippen molar-refractivity contribution < 1.29 is 14.7 Å². The van der Waals surface area contributed by atoms with E-state index in [9.17, 15) is 14.7 Å². The lowest BCUT2D eigenvalue weighted by Crippen LogP contribution is -2.52. The smallest absolute Gasteiger partial charge is 0.329 e. The second kappa shape index (κ2) is 5.65. The van der Waals surface area contributed by atoms with Crippen LogP contribution >= 0.6 is 0 Å². The van der Waals surface area contributed by atoms with Crippen LogP contribution in [0.2, 0.25) is 0 Å². The zero-order valence-electron chi connectivity index (χ0n) is 12.0. The maximum absolute atomic E-state index is 12.2. The van der Waals surface area contributed by atoms with Crippen LogP contribution in [0, 0.1) is 0 Å². The summed E-state index contributed by atoms with van der Waals surface area (Å²) >= 11 is 0. The summed E-state index contributed by atoms with van der Waals surface area (Å²) in [6, 6.07) is 7.35. The van der Waals surface area contributed by atoms with E-state index in [1.807, 2.05) is 12.1 Å². The van der Waals surface area contributed by atoms with Crippen LogP contribution in [0.1, 0.15) is 61.4 Å². The van der Waals surface area contributed by atoms with Crippen molar-refractivity contribution in [3.05, 3.63) is 35.4 Å². The van der Waals surface area contributed by atoms with Gasteiger partial charge in [-0.1, -0.05) is 38.8 Å². The molecule has 0 aromatic heterocycles. The average molecular weight is 275 g/mol. The van der Waals surface area contributed by atoms with Crippen molar-refractivity contribution in [1.82, 2.24) is 5.32 Å². The minimum atomic E-state index is -1.08. The fourth-order valence-corrected chi connectivity index (χ4v) is 2.68. The molecule has 1 aromatic rings. The second-order valence-electron chi connectivity index (χ2n) is 5.83. The number of carbonyl (C=O) groups excluding carboxylic acids is 1. The Kier molecular flexibility index (Phi) is 4.12. The first kappa shape index (κ1) is 14.6. The topological polar surface area (TPSA) is 66.4 Å². The maximum atomic E-state index is 12.2. The highest BCUT2D eigenvalue weighted by Crippen LogP contribution is 2.30. The minimum absolute atomic E-state index is 0.301. The largest absolute Gasteiger partial charge is 0.480 e. The third-order valence-electron chi connectivity index (χ3n) is 4.06. The molecule has 1 saturated carbocycles. The average Bonchev–Trinajstić information content (AvgIpc) is 2.88. The molecule has 0 radical (unpaired) electrons. The van der Waals surface area contributed by atoms with E-state index in [0.717, 1.165) is 18.4 Å². The third kappa shape index (κ3) is 2.84. The van der Waals surface area contributed by atoms with Gasteiger partial charge in [0.1, 0.15) is 5.54 Å². The molecular formula is C16H21NO3. The summed E-state index contributed by atoms with van der Waals surface area (Å²) in [5.74, 6) is -0.820. The van der Waals surface area contributed by atoms with Gasteiger partial charge in [0.05, 0.1) is 0 Å². The molecule has 2 rings (SSSR count). The Hall–Kier alpha value is -1.84. The number of nitrogens with one attached hydrogen (secondary N) is 1. The zero-order chi connectivity index (χ0) is 14.8. The summed E-state index contributed by atoms with van der Waals surface area (Å²) in [6.45, 7) is 4.18. The summed E-state index contributed by atoms with van der Waals surface area (Å²) in [5.41, 5.74) is 0.602. The van der Waals surface area contributed by atoms with Crippen molar-refractivity contribution in [3.8, 4) is 0 Å². The second-order valence-corrected chi connectivity index (χ2v) is 5.83. The van der Waals surface area contributed by atoms with Gasteiger partial charge in [-0.05, 0) is 36.5 Å². The van der Waals surface area contributed by atoms with Crippen LogP contribution in [0.15, 0.2) is 24.3 Å². The third-order valence-corrected chi connectivity index (χ3v) is 4.06. The molecule has 4 nitrogen and oxygen atoms in total. The highest BCUT2D eigenvalue weighted by atomic mass is 16.4. The Morgan fingerprint density at radius 3 is 2.15 bits per heavy atom. The van der Waals surface area contributed by atoms with E-state index < -0.39 is 11.5 Å². The van der Waals surface area contributed by atoms with Crippen molar-refractivity contribution in [2.75, 3.05) is 0 Å². The molecule has 0 atom stereocenters. The first-order valence-corrected chi connectivity index (χ1v) is 7.10. The molecule has 1 aromatic carbocycles. The summed E-state index contributed by atoms with van der Waals surface area (Å²) in [5, 5.41) is 12.1. The van der Waals surface area contributed by atoms with E-state index >= 15 is 0 Å². The first-order valence-electron chi connectivity index (χ1n) is 7.10. The number of carboxylic acids is 1. The number of benzene rings is 1. The molecule has 1 fully saturated rings. The molecule has 0 aliphatic heterocycles. The van der Waals surface area contributed by atoms with Crippen molar-refractivity contribution in [2.24, 2.45) is 0 Å². The molecule has 1 aliphatic carbocycles. The summed E-state index contributed by atoms with van der Waals surface area (Å²) < 4.78 is 0. The van der Waals surface area contributed by atoms with E-state index in [4.69, 9.17) is 0 Å². The number of rotatable bonds is 4. The SMILES string of the molecule is CC(C)c1ccc(C(=O)NC2(C(=O)O)CCCC2)cc1. The normalized spacial score (nSPS) is 17.1. The van der Waals surface area contributed by atoms with Gasteiger partial charge >= 0.3 is 5.97 Å². The van der Waals surface area contributed by atoms with E-state index in [0.29, 0.717) is 24.3 Å². The van der Waals surface area contributed by atoms with Crippen LogP contribution < -0.4 is 5.32 Å². The fourth-order valence-electron chi connectivity index (χ4n) is 2.68. The van der Waals surface area contributed by atoms with Crippen molar-refractivity contribution >= 4 is 11.9 Å². The van der Waals surface area contributed by atoms with Gasteiger partial charge in [0.2, 0.25) is 0 Å². The molecule has 0 saturated heterocycles. The standard InChI is InChI=1S/C16H21NO3/c1-11(2)12-5-7-13(8-6-12)14(18)17-16(15(19)20)9-3-4-10-16/h5-8,11H,3-4,9-10H2,1-2H3,(H,17,18)(H,19,20). The molecule has 0 bridgehead atoms. The number of amides is 1. The number of aliphatic carboxylic acids is 1. The van der Waals surface area contributed by atoms with Gasteiger partial charge in [0, 0.05) is 5.56 Å². The van der Waals surface area contributed by atoms with Gasteiger partial charge in [0.25, 0.3) is 5.91 Å². The van der Waals surface area contributed by atoms with Crippen LogP contribution in [0.25, 0.3) is 0 Å².